The van der Waals surface area contributed by atoms with E-state index in [1.165, 1.54) is 125 Å². The van der Waals surface area contributed by atoms with Crippen LogP contribution in [0, 0.1) is 0 Å². The number of fused-ring (bicyclic) bond motifs is 1. The maximum atomic E-state index is 14.0. The van der Waals surface area contributed by atoms with Crippen LogP contribution in [0.5, 0.6) is 17.2 Å². The molecular formula is C48H52ClN4NaO13S2. The van der Waals surface area contributed by atoms with E-state index in [1.807, 2.05) is 0 Å². The molecule has 0 aliphatic heterocycles. The molecular weight excluding hydrogens is 963 g/mol. The summed E-state index contributed by atoms with van der Waals surface area (Å²) >= 11 is 6.95. The van der Waals surface area contributed by atoms with Gasteiger partial charge in [0.25, 0.3) is 5.91 Å². The molecule has 5 rings (SSSR count). The number of halogens is 1. The fourth-order valence-corrected chi connectivity index (χ4v) is 8.09. The van der Waals surface area contributed by atoms with Crippen molar-refractivity contribution in [2.24, 2.45) is 10.2 Å². The van der Waals surface area contributed by atoms with Gasteiger partial charge in [0.15, 0.2) is 5.75 Å². The van der Waals surface area contributed by atoms with Crippen molar-refractivity contribution in [1.29, 1.82) is 0 Å². The molecule has 0 aromatic heterocycles. The Morgan fingerprint density at radius 1 is 0.783 bits per heavy atom. The first-order valence-electron chi connectivity index (χ1n) is 21.8. The normalized spacial score (nSPS) is 11.7. The molecule has 1 atom stereocenters. The largest absolute Gasteiger partial charge is 1.00 e. The summed E-state index contributed by atoms with van der Waals surface area (Å²) in [5, 5.41) is 28.6. The van der Waals surface area contributed by atoms with E-state index in [2.05, 4.69) is 37.2 Å². The first-order chi connectivity index (χ1) is 32.7. The molecule has 5 aromatic carbocycles. The molecule has 2 N–H and O–H groups in total. The van der Waals surface area contributed by atoms with Gasteiger partial charge in [-0.05, 0) is 85.3 Å². The number of esters is 1. The molecule has 2 amide bonds. The summed E-state index contributed by atoms with van der Waals surface area (Å²) in [7, 11) is -2.68. The predicted molar refractivity (Wildman–Crippen MR) is 256 cm³/mol. The number of rotatable bonds is 27. The molecule has 0 radical (unpaired) electrons. The van der Waals surface area contributed by atoms with Crippen molar-refractivity contribution in [1.82, 2.24) is 0 Å². The monoisotopic (exact) mass is 1010 g/mol. The van der Waals surface area contributed by atoms with Crippen LogP contribution in [0.25, 0.3) is 10.8 Å². The number of unbranched alkanes of at least 4 members (excludes halogenated alkanes) is 9. The summed E-state index contributed by atoms with van der Waals surface area (Å²) in [6.07, 6.45) is 10.4. The van der Waals surface area contributed by atoms with E-state index in [0.29, 0.717) is 17.8 Å². The van der Waals surface area contributed by atoms with Crippen LogP contribution in [-0.4, -0.2) is 58.1 Å². The summed E-state index contributed by atoms with van der Waals surface area (Å²) in [5.41, 5.74) is 0.649. The second-order valence-electron chi connectivity index (χ2n) is 15.4. The maximum absolute atomic E-state index is 14.0. The number of ketones is 1. The van der Waals surface area contributed by atoms with E-state index in [-0.39, 0.29) is 102 Å². The van der Waals surface area contributed by atoms with Crippen molar-refractivity contribution in [2.75, 3.05) is 30.6 Å². The van der Waals surface area contributed by atoms with E-state index in [1.54, 1.807) is 18.2 Å². The minimum absolute atomic E-state index is 0. The molecule has 0 fully saturated rings. The van der Waals surface area contributed by atoms with Gasteiger partial charge in [0.2, 0.25) is 17.8 Å². The van der Waals surface area contributed by atoms with E-state index in [0.717, 1.165) is 31.9 Å². The number of methoxy groups -OCH3 is 1. The third-order valence-electron chi connectivity index (χ3n) is 10.2. The van der Waals surface area contributed by atoms with Gasteiger partial charge in [-0.15, -0.1) is 5.11 Å². The average molecular weight is 1020 g/mol. The Hall–Kier alpha value is -5.09. The van der Waals surface area contributed by atoms with Crippen LogP contribution in [0.3, 0.4) is 0 Å². The number of hydrogen-bond acceptors (Lipinski definition) is 16. The minimum Gasteiger partial charge on any atom is -0.691 e. The van der Waals surface area contributed by atoms with Crippen molar-refractivity contribution in [3.8, 4) is 17.2 Å². The third-order valence-corrected chi connectivity index (χ3v) is 11.6. The van der Waals surface area contributed by atoms with Gasteiger partial charge in [-0.2, -0.15) is 17.9 Å². The van der Waals surface area contributed by atoms with Gasteiger partial charge in [-0.1, -0.05) is 88.4 Å². The molecule has 0 saturated heterocycles. The Labute approximate surface area is 432 Å². The zero-order chi connectivity index (χ0) is 49.1. The predicted octanol–water partition coefficient (Wildman–Crippen LogP) is 7.80. The van der Waals surface area contributed by atoms with Crippen molar-refractivity contribution < 1.29 is 90.2 Å². The Bertz CT molecular complexity index is 2680. The van der Waals surface area contributed by atoms with Crippen molar-refractivity contribution >= 4 is 90.9 Å². The molecule has 0 spiro atoms. The van der Waals surface area contributed by atoms with Crippen LogP contribution >= 0.6 is 23.6 Å². The van der Waals surface area contributed by atoms with Gasteiger partial charge >= 0.3 is 45.6 Å². The molecule has 0 aliphatic rings. The average Bonchev–Trinajstić information content (AvgIpc) is 3.32. The number of azo groups is 1. The Balaban J connectivity index is 0.0000104. The Kier molecular flexibility index (Phi) is 23.4. The smallest absolute Gasteiger partial charge is 0.691 e. The van der Waals surface area contributed by atoms with Crippen molar-refractivity contribution in [3.05, 3.63) is 107 Å². The van der Waals surface area contributed by atoms with Crippen LogP contribution in [0.4, 0.5) is 22.7 Å². The zero-order valence-electron chi connectivity index (χ0n) is 38.9. The number of anilines is 2. The number of hydrogen-bond donors (Lipinski definition) is 2. The van der Waals surface area contributed by atoms with Gasteiger partial charge in [0.1, 0.15) is 17.2 Å². The van der Waals surface area contributed by atoms with E-state index < -0.39 is 39.8 Å². The first-order valence-corrected chi connectivity index (χ1v) is 24.7. The molecule has 0 heterocycles. The van der Waals surface area contributed by atoms with Gasteiger partial charge < -0.3 is 34.3 Å². The molecule has 69 heavy (non-hydrogen) atoms. The Morgan fingerprint density at radius 2 is 1.42 bits per heavy atom. The number of carbonyl (C=O) groups is 4. The summed E-state index contributed by atoms with van der Waals surface area (Å²) in [6.45, 7) is 3.72. The number of nitrogens with one attached hydrogen (secondary N) is 2. The molecule has 0 saturated carbocycles. The summed E-state index contributed by atoms with van der Waals surface area (Å²) < 4.78 is 51.6. The summed E-state index contributed by atoms with van der Waals surface area (Å²) in [6, 6.07) is 22.0. The summed E-state index contributed by atoms with van der Waals surface area (Å²) in [5.74, 6) is -2.35. The number of nitrogens with zero attached hydrogens (tertiary/aromatic N) is 2. The number of amides is 2. The van der Waals surface area contributed by atoms with Gasteiger partial charge in [-0.25, -0.2) is 4.79 Å². The van der Waals surface area contributed by atoms with E-state index in [4.69, 9.17) is 30.0 Å². The van der Waals surface area contributed by atoms with Crippen molar-refractivity contribution in [3.63, 3.8) is 0 Å². The molecule has 5 aromatic rings. The fraction of sp³-hybridized carbons (Fsp3) is 0.333. The van der Waals surface area contributed by atoms with E-state index in [9.17, 15) is 32.9 Å². The molecule has 17 nitrogen and oxygen atoms in total. The maximum Gasteiger partial charge on any atom is 1.00 e. The second-order valence-corrected chi connectivity index (χ2v) is 18.2. The van der Waals surface area contributed by atoms with Crippen molar-refractivity contribution in [2.45, 2.75) is 89.1 Å². The van der Waals surface area contributed by atoms with Gasteiger partial charge in [0.05, 0.1) is 58.9 Å². The standard InChI is InChI=1S/C48H53ClN4O13S2.Na/c1-5-6-7-8-9-10-11-12-13-14-28-62-48(57)33-20-27-38(49)40(29-33)51-47(56)46(44(55)32-18-23-35(61-3)24-19-32)63-36-25-21-34(22-26-36)52-53-41-30-42(67-66-65-58)43-37(45(41)64-68(4,59)60)16-15-17-39(43)50-31(2)54;/h15-27,29-30,46,58H,5-14,28H2,1-4H3,(H,50,54)(H,51,56);/q;+1/p-1. The number of Topliss-reactive ketones (excluding diaryl/α,β-unsaturated/α-hetero) is 1. The minimum atomic E-state index is -4.15. The van der Waals surface area contributed by atoms with Crippen LogP contribution in [0.2, 0.25) is 5.02 Å². The van der Waals surface area contributed by atoms with Crippen LogP contribution in [0.1, 0.15) is 98.8 Å². The second kappa shape index (κ2) is 28.5. The number of benzene rings is 5. The molecule has 0 bridgehead atoms. The molecule has 362 valence electrons. The Morgan fingerprint density at radius 3 is 2.04 bits per heavy atom. The number of carbonyl (C=O) groups excluding carboxylic acids is 4. The van der Waals surface area contributed by atoms with E-state index >= 15 is 0 Å². The zero-order valence-corrected chi connectivity index (χ0v) is 43.3. The van der Waals surface area contributed by atoms with Crippen LogP contribution < -0.4 is 59.1 Å². The summed E-state index contributed by atoms with van der Waals surface area (Å²) in [4.78, 5) is 53.1. The fourth-order valence-electron chi connectivity index (χ4n) is 6.89. The molecule has 1 unspecified atom stereocenters. The number of ether oxygens (including phenoxy) is 3. The van der Waals surface area contributed by atoms with Crippen LogP contribution in [0.15, 0.2) is 106 Å². The molecule has 0 aliphatic carbocycles. The first kappa shape index (κ1) is 56.5. The quantitative estimate of drug-likeness (QED) is 0.00489. The molecule has 21 heteroatoms. The SMILES string of the molecule is CCCCCCCCCCCCOC(=O)c1ccc(Cl)c(NC(=O)C(Oc2ccc(N=Nc3cc(SOO[O-])c4c(NC(C)=O)cccc4c3OS(C)(=O)=O)cc2)C(=O)c2ccc(OC)cc2)c1.[Na+]. The van der Waals surface area contributed by atoms with Gasteiger partial charge in [0, 0.05) is 28.9 Å². The topological polar surface area (TPSA) is 230 Å². The van der Waals surface area contributed by atoms with Crippen LogP contribution in [-0.2, 0) is 33.8 Å². The van der Waals surface area contributed by atoms with Gasteiger partial charge in [-0.3, -0.25) is 19.4 Å². The third kappa shape index (κ3) is 17.7.